The number of carbonyl (C=O) groups excluding carboxylic acids is 4. The minimum absolute atomic E-state index is 0.230. The van der Waals surface area contributed by atoms with Crippen LogP contribution in [-0.2, 0) is 25.7 Å². The molecule has 0 saturated carbocycles. The molecule has 1 aromatic heterocycles. The Morgan fingerprint density at radius 2 is 1.60 bits per heavy atom. The fourth-order valence-electron chi connectivity index (χ4n) is 5.47. The number of imide groups is 1. The second-order valence-electron chi connectivity index (χ2n) is 10.3. The maximum atomic E-state index is 14.0. The molecule has 1 N–H and O–H groups in total. The van der Waals surface area contributed by atoms with E-state index in [0.29, 0.717) is 26.8 Å². The Bertz CT molecular complexity index is 1780. The maximum Gasteiger partial charge on any atom is 0.338 e. The topological polar surface area (TPSA) is 115 Å². The number of thioether (sulfide) groups is 1. The molecule has 1 fully saturated rings. The highest BCUT2D eigenvalue weighted by Gasteiger charge is 2.56. The summed E-state index contributed by atoms with van der Waals surface area (Å²) >= 11 is 2.16. The second-order valence-corrected chi connectivity index (χ2v) is 12.4. The first-order valence-corrected chi connectivity index (χ1v) is 15.4. The number of nitrogens with zero attached hydrogens (tertiary/aromatic N) is 2. The highest BCUT2D eigenvalue weighted by atomic mass is 32.2. The van der Waals surface area contributed by atoms with Gasteiger partial charge < -0.3 is 10.1 Å². The highest BCUT2D eigenvalue weighted by molar-refractivity contribution is 8.00. The van der Waals surface area contributed by atoms with Gasteiger partial charge in [0, 0.05) is 16.5 Å². The number of carbonyl (C=O) groups is 4. The molecule has 6 rings (SSSR count). The zero-order valence-corrected chi connectivity index (χ0v) is 24.9. The molecule has 3 heterocycles. The molecule has 0 spiro atoms. The number of fused-ring (bicyclic) bond motifs is 2. The fourth-order valence-corrected chi connectivity index (χ4v) is 8.24. The van der Waals surface area contributed by atoms with Gasteiger partial charge in [-0.3, -0.25) is 23.7 Å². The van der Waals surface area contributed by atoms with E-state index < -0.39 is 29.0 Å². The molecular weight excluding hydrogens is 587 g/mol. The number of hydrogen-bond donors (Lipinski definition) is 1. The van der Waals surface area contributed by atoms with Crippen LogP contribution in [0.5, 0.6) is 0 Å². The first-order chi connectivity index (χ1) is 20.8. The molecule has 11 heteroatoms. The number of ether oxygens (including phenoxy) is 1. The van der Waals surface area contributed by atoms with Crippen molar-refractivity contribution < 1.29 is 23.9 Å². The van der Waals surface area contributed by atoms with E-state index in [9.17, 15) is 24.0 Å². The van der Waals surface area contributed by atoms with Gasteiger partial charge in [0.2, 0.25) is 17.7 Å². The van der Waals surface area contributed by atoms with Crippen LogP contribution in [0.25, 0.3) is 0 Å². The normalized spacial score (nSPS) is 19.1. The minimum atomic E-state index is -0.810. The van der Waals surface area contributed by atoms with E-state index in [4.69, 9.17) is 4.74 Å². The van der Waals surface area contributed by atoms with Crippen molar-refractivity contribution in [3.8, 4) is 0 Å². The van der Waals surface area contributed by atoms with Gasteiger partial charge in [-0.2, -0.15) is 0 Å². The van der Waals surface area contributed by atoms with Crippen molar-refractivity contribution >= 4 is 58.2 Å². The van der Waals surface area contributed by atoms with E-state index >= 15 is 0 Å². The number of hydrogen-bond acceptors (Lipinski definition) is 8. The Hall–Kier alpha value is -4.48. The summed E-state index contributed by atoms with van der Waals surface area (Å²) < 4.78 is 6.44. The quantitative estimate of drug-likeness (QED) is 0.235. The number of rotatable bonds is 7. The summed E-state index contributed by atoms with van der Waals surface area (Å²) in [4.78, 5) is 67.8. The van der Waals surface area contributed by atoms with Gasteiger partial charge in [0.1, 0.15) is 11.8 Å². The molecule has 3 atom stereocenters. The number of thiazole rings is 1. The first kappa shape index (κ1) is 28.6. The van der Waals surface area contributed by atoms with Crippen molar-refractivity contribution in [3.05, 3.63) is 110 Å². The SMILES string of the molecule is CCOC(=O)c1ccc(N2C(=O)[C@H]3[C@H](c4ccccc4)c4sc(=O)n(CC(=O)Nc5ccc(C)cc5)c4S[C@H]3C2=O)cc1. The van der Waals surface area contributed by atoms with Crippen molar-refractivity contribution in [1.29, 1.82) is 0 Å². The summed E-state index contributed by atoms with van der Waals surface area (Å²) in [5.74, 6) is -2.97. The Morgan fingerprint density at radius 1 is 0.907 bits per heavy atom. The molecule has 2 aliphatic heterocycles. The number of aromatic nitrogens is 1. The third-order valence-electron chi connectivity index (χ3n) is 7.48. The number of esters is 1. The smallest absolute Gasteiger partial charge is 0.338 e. The number of nitrogens with one attached hydrogen (secondary N) is 1. The predicted molar refractivity (Wildman–Crippen MR) is 165 cm³/mol. The second kappa shape index (κ2) is 11.7. The van der Waals surface area contributed by atoms with E-state index in [1.54, 1.807) is 31.2 Å². The Balaban J connectivity index is 1.35. The molecule has 218 valence electrons. The Morgan fingerprint density at radius 3 is 2.28 bits per heavy atom. The fraction of sp³-hybridized carbons (Fsp3) is 0.219. The number of aryl methyl sites for hydroxylation is 1. The molecule has 4 aromatic rings. The van der Waals surface area contributed by atoms with Gasteiger partial charge in [-0.25, -0.2) is 9.69 Å². The molecular formula is C32H27N3O6S2. The van der Waals surface area contributed by atoms with Crippen molar-refractivity contribution in [2.45, 2.75) is 36.6 Å². The predicted octanol–water partition coefficient (Wildman–Crippen LogP) is 4.83. The summed E-state index contributed by atoms with van der Waals surface area (Å²) in [6, 6.07) is 22.9. The first-order valence-electron chi connectivity index (χ1n) is 13.7. The molecule has 9 nitrogen and oxygen atoms in total. The Labute approximate surface area is 255 Å². The van der Waals surface area contributed by atoms with E-state index in [2.05, 4.69) is 5.32 Å². The largest absolute Gasteiger partial charge is 0.462 e. The molecule has 2 aliphatic rings. The summed E-state index contributed by atoms with van der Waals surface area (Å²) in [5.41, 5.74) is 3.14. The van der Waals surface area contributed by atoms with Crippen LogP contribution in [-0.4, -0.2) is 40.1 Å². The molecule has 43 heavy (non-hydrogen) atoms. The molecule has 3 aromatic carbocycles. The Kier molecular flexibility index (Phi) is 7.76. The lowest BCUT2D eigenvalue weighted by molar-refractivity contribution is -0.122. The van der Waals surface area contributed by atoms with Gasteiger partial charge in [0.25, 0.3) is 0 Å². The van der Waals surface area contributed by atoms with Crippen molar-refractivity contribution in [2.24, 2.45) is 5.92 Å². The van der Waals surface area contributed by atoms with Crippen LogP contribution in [0.1, 0.15) is 39.2 Å². The van der Waals surface area contributed by atoms with Crippen LogP contribution in [0, 0.1) is 12.8 Å². The zero-order chi connectivity index (χ0) is 30.2. The van der Waals surface area contributed by atoms with Gasteiger partial charge in [0.15, 0.2) is 0 Å². The van der Waals surface area contributed by atoms with Crippen molar-refractivity contribution in [3.63, 3.8) is 0 Å². The number of benzene rings is 3. The number of anilines is 2. The lowest BCUT2D eigenvalue weighted by atomic mass is 9.83. The average molecular weight is 614 g/mol. The monoisotopic (exact) mass is 613 g/mol. The van der Waals surface area contributed by atoms with E-state index in [0.717, 1.165) is 39.1 Å². The summed E-state index contributed by atoms with van der Waals surface area (Å²) in [5, 5.41) is 2.54. The molecule has 3 amide bonds. The molecule has 0 bridgehead atoms. The summed E-state index contributed by atoms with van der Waals surface area (Å²) in [6.45, 7) is 3.66. The third kappa shape index (κ3) is 5.30. The number of amides is 3. The lowest BCUT2D eigenvalue weighted by Gasteiger charge is -2.30. The standard InChI is InChI=1S/C32H27N3O6S2/c1-3-41-31(39)20-11-15-22(16-12-20)35-28(37)25-24(19-7-5-4-6-8-19)27-30(42-26(25)29(35)38)34(32(40)43-27)17-23(36)33-21-13-9-18(2)10-14-21/h4-16,24-26H,3,17H2,1-2H3,(H,33,36)/t24-,25-,26+/m0/s1. The van der Waals surface area contributed by atoms with Crippen LogP contribution < -0.4 is 15.1 Å². The average Bonchev–Trinajstić information content (AvgIpc) is 3.45. The van der Waals surface area contributed by atoms with Gasteiger partial charge in [0.05, 0.1) is 28.8 Å². The van der Waals surface area contributed by atoms with Crippen molar-refractivity contribution in [2.75, 3.05) is 16.8 Å². The lowest BCUT2D eigenvalue weighted by Crippen LogP contribution is -2.33. The van der Waals surface area contributed by atoms with Gasteiger partial charge in [-0.15, -0.1) is 0 Å². The van der Waals surface area contributed by atoms with Crippen molar-refractivity contribution in [1.82, 2.24) is 4.57 Å². The van der Waals surface area contributed by atoms with Crippen LogP contribution >= 0.6 is 23.1 Å². The van der Waals surface area contributed by atoms with Crippen LogP contribution in [0.2, 0.25) is 0 Å². The van der Waals surface area contributed by atoms with Crippen LogP contribution in [0.3, 0.4) is 0 Å². The minimum Gasteiger partial charge on any atom is -0.462 e. The summed E-state index contributed by atoms with van der Waals surface area (Å²) in [6.07, 6.45) is 0. The molecule has 0 aliphatic carbocycles. The van der Waals surface area contributed by atoms with Gasteiger partial charge >= 0.3 is 10.8 Å². The molecule has 0 radical (unpaired) electrons. The van der Waals surface area contributed by atoms with Gasteiger partial charge in [-0.1, -0.05) is 71.1 Å². The third-order valence-corrected chi connectivity index (χ3v) is 10.1. The zero-order valence-electron chi connectivity index (χ0n) is 23.3. The van der Waals surface area contributed by atoms with E-state index in [1.165, 1.54) is 16.7 Å². The van der Waals surface area contributed by atoms with E-state index in [-0.39, 0.29) is 29.8 Å². The maximum absolute atomic E-state index is 14.0. The molecule has 0 unspecified atom stereocenters. The van der Waals surface area contributed by atoms with Crippen LogP contribution in [0.15, 0.2) is 88.7 Å². The van der Waals surface area contributed by atoms with Gasteiger partial charge in [-0.05, 0) is 55.8 Å². The van der Waals surface area contributed by atoms with E-state index in [1.807, 2.05) is 49.4 Å². The highest BCUT2D eigenvalue weighted by Crippen LogP contribution is 2.53. The summed E-state index contributed by atoms with van der Waals surface area (Å²) in [7, 11) is 0. The molecule has 1 saturated heterocycles. The van der Waals surface area contributed by atoms with Crippen LogP contribution in [0.4, 0.5) is 11.4 Å².